The Bertz CT molecular complexity index is 917. The highest BCUT2D eigenvalue weighted by Crippen LogP contribution is 2.25. The number of anilines is 1. The maximum Gasteiger partial charge on any atom is 0.233 e. The van der Waals surface area contributed by atoms with Crippen molar-refractivity contribution in [3.05, 3.63) is 48.4 Å². The fourth-order valence-electron chi connectivity index (χ4n) is 3.06. The molecule has 0 aliphatic heterocycles. The third-order valence-corrected chi connectivity index (χ3v) is 5.82. The molecule has 0 saturated heterocycles. The third-order valence-electron chi connectivity index (χ3n) is 4.81. The van der Waals surface area contributed by atoms with Crippen molar-refractivity contribution in [2.45, 2.75) is 25.5 Å². The Morgan fingerprint density at radius 2 is 1.86 bits per heavy atom. The molecule has 7 nitrogen and oxygen atoms in total. The zero-order chi connectivity index (χ0) is 20.8. The van der Waals surface area contributed by atoms with Gasteiger partial charge in [-0.1, -0.05) is 11.8 Å². The fourth-order valence-corrected chi connectivity index (χ4v) is 3.91. The van der Waals surface area contributed by atoms with Gasteiger partial charge in [0.15, 0.2) is 11.0 Å². The monoisotopic (exact) mass is 413 g/mol. The second-order valence-corrected chi connectivity index (χ2v) is 7.64. The summed E-state index contributed by atoms with van der Waals surface area (Å²) in [7, 11) is 3.69. The van der Waals surface area contributed by atoms with E-state index >= 15 is 0 Å². The van der Waals surface area contributed by atoms with Gasteiger partial charge in [0.2, 0.25) is 5.91 Å². The lowest BCUT2D eigenvalue weighted by Gasteiger charge is -2.21. The average Bonchev–Trinajstić information content (AvgIpc) is 3.37. The van der Waals surface area contributed by atoms with Crippen molar-refractivity contribution in [1.29, 1.82) is 0 Å². The Kier molecular flexibility index (Phi) is 6.98. The minimum Gasteiger partial charge on any atom is -0.467 e. The number of hydrogen-bond acceptors (Lipinski definition) is 6. The number of nitrogens with zero attached hydrogens (tertiary/aromatic N) is 5. The number of furan rings is 1. The van der Waals surface area contributed by atoms with Gasteiger partial charge < -0.3 is 18.8 Å². The van der Waals surface area contributed by atoms with Gasteiger partial charge in [0.05, 0.1) is 18.6 Å². The van der Waals surface area contributed by atoms with E-state index in [1.54, 1.807) is 18.2 Å². The van der Waals surface area contributed by atoms with E-state index in [1.165, 1.54) is 17.4 Å². The number of amides is 1. The Morgan fingerprint density at radius 1 is 1.14 bits per heavy atom. The molecule has 2 aromatic heterocycles. The van der Waals surface area contributed by atoms with Gasteiger partial charge in [0.1, 0.15) is 5.76 Å². The predicted molar refractivity (Wildman–Crippen MR) is 116 cm³/mol. The summed E-state index contributed by atoms with van der Waals surface area (Å²) >= 11 is 1.39. The van der Waals surface area contributed by atoms with Crippen molar-refractivity contribution in [1.82, 2.24) is 19.7 Å². The van der Waals surface area contributed by atoms with Gasteiger partial charge in [-0.3, -0.25) is 4.79 Å². The lowest BCUT2D eigenvalue weighted by molar-refractivity contribution is -0.127. The molecule has 0 atom stereocenters. The summed E-state index contributed by atoms with van der Waals surface area (Å²) < 4.78 is 7.22. The van der Waals surface area contributed by atoms with E-state index in [0.717, 1.165) is 30.2 Å². The molecule has 2 heterocycles. The minimum absolute atomic E-state index is 0.0134. The molecule has 0 radical (unpaired) electrons. The van der Waals surface area contributed by atoms with E-state index < -0.39 is 0 Å². The van der Waals surface area contributed by atoms with Gasteiger partial charge in [-0.2, -0.15) is 0 Å². The Morgan fingerprint density at radius 3 is 2.48 bits per heavy atom. The van der Waals surface area contributed by atoms with E-state index in [0.29, 0.717) is 17.5 Å². The number of carbonyl (C=O) groups excluding carboxylic acids is 1. The van der Waals surface area contributed by atoms with Crippen molar-refractivity contribution in [2.24, 2.45) is 7.05 Å². The van der Waals surface area contributed by atoms with Crippen LogP contribution in [0.3, 0.4) is 0 Å². The van der Waals surface area contributed by atoms with Crippen LogP contribution in [0.4, 0.5) is 5.69 Å². The summed E-state index contributed by atoms with van der Waals surface area (Å²) in [6.07, 6.45) is 1.61. The highest BCUT2D eigenvalue weighted by Gasteiger charge is 2.16. The number of benzene rings is 1. The van der Waals surface area contributed by atoms with E-state index in [2.05, 4.69) is 53.2 Å². The van der Waals surface area contributed by atoms with Crippen LogP contribution in [0, 0.1) is 0 Å². The lowest BCUT2D eigenvalue weighted by Crippen LogP contribution is -2.27. The van der Waals surface area contributed by atoms with Gasteiger partial charge >= 0.3 is 0 Å². The molecule has 3 rings (SSSR count). The zero-order valence-corrected chi connectivity index (χ0v) is 18.1. The van der Waals surface area contributed by atoms with Crippen LogP contribution in [-0.4, -0.2) is 51.5 Å². The molecule has 1 aromatic carbocycles. The standard InChI is InChI=1S/C21H27N5O2S/c1-5-26(6-2)17-11-9-16(10-12-17)20-22-23-21(25(20)4)29-15-19(27)24(3)14-18-8-7-13-28-18/h7-13H,5-6,14-15H2,1-4H3. The molecule has 8 heteroatoms. The van der Waals surface area contributed by atoms with Gasteiger partial charge in [0.25, 0.3) is 0 Å². The number of rotatable bonds is 9. The molecule has 29 heavy (non-hydrogen) atoms. The van der Waals surface area contributed by atoms with Crippen molar-refractivity contribution in [3.8, 4) is 11.4 Å². The molecule has 0 spiro atoms. The van der Waals surface area contributed by atoms with E-state index in [1.807, 2.05) is 23.7 Å². The smallest absolute Gasteiger partial charge is 0.233 e. The van der Waals surface area contributed by atoms with Crippen LogP contribution in [0.5, 0.6) is 0 Å². The Balaban J connectivity index is 1.62. The van der Waals surface area contributed by atoms with Crippen molar-refractivity contribution in [3.63, 3.8) is 0 Å². The maximum atomic E-state index is 12.4. The van der Waals surface area contributed by atoms with Gasteiger partial charge in [0, 0.05) is 38.4 Å². The van der Waals surface area contributed by atoms with Crippen LogP contribution >= 0.6 is 11.8 Å². The molecular formula is C21H27N5O2S. The number of hydrogen-bond donors (Lipinski definition) is 0. The first-order valence-electron chi connectivity index (χ1n) is 9.67. The first kappa shape index (κ1) is 21.0. The normalized spacial score (nSPS) is 10.9. The molecule has 0 bridgehead atoms. The third kappa shape index (κ3) is 5.00. The van der Waals surface area contributed by atoms with E-state index in [-0.39, 0.29) is 5.91 Å². The predicted octanol–water partition coefficient (Wildman–Crippen LogP) is 3.67. The van der Waals surface area contributed by atoms with Crippen LogP contribution in [0.15, 0.2) is 52.2 Å². The summed E-state index contributed by atoms with van der Waals surface area (Å²) in [6.45, 7) is 6.70. The summed E-state index contributed by atoms with van der Waals surface area (Å²) in [5.74, 6) is 1.86. The van der Waals surface area contributed by atoms with Crippen LogP contribution in [-0.2, 0) is 18.4 Å². The molecule has 0 N–H and O–H groups in total. The average molecular weight is 414 g/mol. The van der Waals surface area contributed by atoms with Crippen LogP contribution in [0.2, 0.25) is 0 Å². The van der Waals surface area contributed by atoms with E-state index in [4.69, 9.17) is 4.42 Å². The van der Waals surface area contributed by atoms with Crippen LogP contribution < -0.4 is 4.90 Å². The zero-order valence-electron chi connectivity index (χ0n) is 17.3. The SMILES string of the molecule is CCN(CC)c1ccc(-c2nnc(SCC(=O)N(C)Cc3ccco3)n2C)cc1. The minimum atomic E-state index is 0.0134. The van der Waals surface area contributed by atoms with E-state index in [9.17, 15) is 4.79 Å². The maximum absolute atomic E-state index is 12.4. The molecule has 0 aliphatic rings. The summed E-state index contributed by atoms with van der Waals surface area (Å²) in [6, 6.07) is 12.0. The Hall–Kier alpha value is -2.74. The number of carbonyl (C=O) groups is 1. The second kappa shape index (κ2) is 9.65. The first-order valence-corrected chi connectivity index (χ1v) is 10.7. The van der Waals surface area contributed by atoms with Crippen molar-refractivity contribution >= 4 is 23.4 Å². The number of thioether (sulfide) groups is 1. The molecule has 1 amide bonds. The molecule has 0 unspecified atom stereocenters. The molecule has 0 fully saturated rings. The molecule has 154 valence electrons. The quantitative estimate of drug-likeness (QED) is 0.499. The molecule has 3 aromatic rings. The first-order chi connectivity index (χ1) is 14.0. The fraction of sp³-hybridized carbons (Fsp3) is 0.381. The van der Waals surface area contributed by atoms with Gasteiger partial charge in [-0.05, 0) is 50.2 Å². The highest BCUT2D eigenvalue weighted by molar-refractivity contribution is 7.99. The topological polar surface area (TPSA) is 67.4 Å². The summed E-state index contributed by atoms with van der Waals surface area (Å²) in [4.78, 5) is 16.3. The summed E-state index contributed by atoms with van der Waals surface area (Å²) in [5.41, 5.74) is 2.20. The van der Waals surface area contributed by atoms with Crippen molar-refractivity contribution in [2.75, 3.05) is 30.8 Å². The number of aromatic nitrogens is 3. The lowest BCUT2D eigenvalue weighted by atomic mass is 10.2. The van der Waals surface area contributed by atoms with Gasteiger partial charge in [-0.25, -0.2) is 0 Å². The van der Waals surface area contributed by atoms with Crippen LogP contribution in [0.1, 0.15) is 19.6 Å². The summed E-state index contributed by atoms with van der Waals surface area (Å²) in [5, 5.41) is 9.30. The second-order valence-electron chi connectivity index (χ2n) is 6.70. The van der Waals surface area contributed by atoms with Crippen molar-refractivity contribution < 1.29 is 9.21 Å². The Labute approximate surface area is 175 Å². The largest absolute Gasteiger partial charge is 0.467 e. The van der Waals surface area contributed by atoms with Gasteiger partial charge in [-0.15, -0.1) is 10.2 Å². The molecular weight excluding hydrogens is 386 g/mol. The molecule has 0 aliphatic carbocycles. The highest BCUT2D eigenvalue weighted by atomic mass is 32.2. The van der Waals surface area contributed by atoms with Crippen LogP contribution in [0.25, 0.3) is 11.4 Å². The molecule has 0 saturated carbocycles.